The highest BCUT2D eigenvalue weighted by molar-refractivity contribution is 5.71. The largest absolute Gasteiger partial charge is 0.462 e. The second kappa shape index (κ2) is 4.64. The molecule has 0 aliphatic heterocycles. The molecular weight excluding hydrogens is 164 g/mol. The molecule has 1 saturated carbocycles. The number of carbonyl (C=O) groups is 1. The van der Waals surface area contributed by atoms with E-state index in [0.717, 1.165) is 6.42 Å². The highest BCUT2D eigenvalue weighted by Gasteiger charge is 2.25. The number of esters is 1. The minimum absolute atomic E-state index is 0.00845. The summed E-state index contributed by atoms with van der Waals surface area (Å²) in [5, 5.41) is 0. The van der Waals surface area contributed by atoms with Crippen LogP contribution >= 0.6 is 0 Å². The summed E-state index contributed by atoms with van der Waals surface area (Å²) in [6.07, 6.45) is 4.94. The van der Waals surface area contributed by atoms with E-state index in [2.05, 4.69) is 6.92 Å². The quantitative estimate of drug-likeness (QED) is 0.617. The average molecular weight is 184 g/mol. The van der Waals surface area contributed by atoms with Gasteiger partial charge in [0, 0.05) is 0 Å². The average Bonchev–Trinajstić information content (AvgIpc) is 2.08. The summed E-state index contributed by atoms with van der Waals surface area (Å²) >= 11 is 0. The summed E-state index contributed by atoms with van der Waals surface area (Å²) in [5.41, 5.74) is 0. The molecule has 2 unspecified atom stereocenters. The van der Waals surface area contributed by atoms with Gasteiger partial charge in [-0.1, -0.05) is 27.2 Å². The van der Waals surface area contributed by atoms with Crippen molar-refractivity contribution in [3.63, 3.8) is 0 Å². The minimum atomic E-state index is -0.0428. The summed E-state index contributed by atoms with van der Waals surface area (Å²) in [4.78, 5) is 11.3. The Hall–Kier alpha value is -0.530. The zero-order valence-electron chi connectivity index (χ0n) is 8.88. The van der Waals surface area contributed by atoms with Crippen LogP contribution in [-0.4, -0.2) is 12.1 Å². The Kier molecular flexibility index (Phi) is 3.76. The standard InChI is InChI=1S/C11H20O2/c1-8(2)11(12)13-10-7-5-4-6-9(10)3/h8-10H,4-7H2,1-3H3. The van der Waals surface area contributed by atoms with Crippen molar-refractivity contribution in [3.8, 4) is 0 Å². The first-order valence-electron chi connectivity index (χ1n) is 5.31. The summed E-state index contributed by atoms with van der Waals surface area (Å²) in [6, 6.07) is 0. The van der Waals surface area contributed by atoms with Gasteiger partial charge in [0.1, 0.15) is 6.10 Å². The highest BCUT2D eigenvalue weighted by atomic mass is 16.5. The molecular formula is C11H20O2. The second-order valence-corrected chi connectivity index (χ2v) is 4.39. The van der Waals surface area contributed by atoms with Crippen LogP contribution in [0, 0.1) is 11.8 Å². The van der Waals surface area contributed by atoms with Gasteiger partial charge in [0.25, 0.3) is 0 Å². The van der Waals surface area contributed by atoms with Crippen LogP contribution in [0.25, 0.3) is 0 Å². The van der Waals surface area contributed by atoms with Crippen LogP contribution in [0.15, 0.2) is 0 Å². The van der Waals surface area contributed by atoms with E-state index >= 15 is 0 Å². The molecule has 0 heterocycles. The van der Waals surface area contributed by atoms with Crippen molar-refractivity contribution in [3.05, 3.63) is 0 Å². The number of rotatable bonds is 2. The molecule has 0 aromatic carbocycles. The van der Waals surface area contributed by atoms with E-state index in [9.17, 15) is 4.79 Å². The molecule has 0 spiro atoms. The zero-order valence-corrected chi connectivity index (χ0v) is 8.88. The van der Waals surface area contributed by atoms with Gasteiger partial charge in [0.2, 0.25) is 0 Å². The first kappa shape index (κ1) is 10.6. The molecule has 13 heavy (non-hydrogen) atoms. The maximum absolute atomic E-state index is 11.3. The Morgan fingerprint density at radius 2 is 1.92 bits per heavy atom. The van der Waals surface area contributed by atoms with Gasteiger partial charge in [-0.15, -0.1) is 0 Å². The normalized spacial score (nSPS) is 28.9. The lowest BCUT2D eigenvalue weighted by atomic mass is 9.88. The molecule has 0 N–H and O–H groups in total. The van der Waals surface area contributed by atoms with Crippen LogP contribution < -0.4 is 0 Å². The molecule has 2 atom stereocenters. The minimum Gasteiger partial charge on any atom is -0.462 e. The fourth-order valence-electron chi connectivity index (χ4n) is 1.74. The molecule has 0 amide bonds. The van der Waals surface area contributed by atoms with Gasteiger partial charge in [-0.3, -0.25) is 4.79 Å². The van der Waals surface area contributed by atoms with Gasteiger partial charge in [0.05, 0.1) is 5.92 Å². The van der Waals surface area contributed by atoms with Crippen molar-refractivity contribution in [1.29, 1.82) is 0 Å². The van der Waals surface area contributed by atoms with E-state index < -0.39 is 0 Å². The molecule has 2 heteroatoms. The van der Waals surface area contributed by atoms with Gasteiger partial charge < -0.3 is 4.74 Å². The van der Waals surface area contributed by atoms with E-state index in [1.165, 1.54) is 19.3 Å². The topological polar surface area (TPSA) is 26.3 Å². The van der Waals surface area contributed by atoms with Crippen LogP contribution in [0.2, 0.25) is 0 Å². The molecule has 1 fully saturated rings. The monoisotopic (exact) mass is 184 g/mol. The Labute approximate surface area is 80.7 Å². The van der Waals surface area contributed by atoms with Gasteiger partial charge in [-0.25, -0.2) is 0 Å². The molecule has 0 aromatic rings. The van der Waals surface area contributed by atoms with Gasteiger partial charge in [-0.2, -0.15) is 0 Å². The van der Waals surface area contributed by atoms with Gasteiger partial charge >= 0.3 is 5.97 Å². The van der Waals surface area contributed by atoms with E-state index in [1.807, 2.05) is 13.8 Å². The predicted molar refractivity (Wildman–Crippen MR) is 52.4 cm³/mol. The smallest absolute Gasteiger partial charge is 0.308 e. The van der Waals surface area contributed by atoms with Crippen LogP contribution in [0.3, 0.4) is 0 Å². The fourth-order valence-corrected chi connectivity index (χ4v) is 1.74. The molecule has 1 aliphatic carbocycles. The Morgan fingerprint density at radius 1 is 1.31 bits per heavy atom. The molecule has 0 radical (unpaired) electrons. The Bertz CT molecular complexity index is 175. The van der Waals surface area contributed by atoms with Gasteiger partial charge in [-0.05, 0) is 25.2 Å². The molecule has 0 saturated heterocycles. The van der Waals surface area contributed by atoms with Crippen molar-refractivity contribution in [2.24, 2.45) is 11.8 Å². The third-order valence-electron chi connectivity index (χ3n) is 2.77. The SMILES string of the molecule is CC(C)C(=O)OC1CCCCC1C. The van der Waals surface area contributed by atoms with E-state index in [4.69, 9.17) is 4.74 Å². The summed E-state index contributed by atoms with van der Waals surface area (Å²) in [6.45, 7) is 5.95. The first-order valence-corrected chi connectivity index (χ1v) is 5.31. The van der Waals surface area contributed by atoms with Crippen LogP contribution in [0.1, 0.15) is 46.5 Å². The highest BCUT2D eigenvalue weighted by Crippen LogP contribution is 2.26. The van der Waals surface area contributed by atoms with Crippen molar-refractivity contribution < 1.29 is 9.53 Å². The lowest BCUT2D eigenvalue weighted by Crippen LogP contribution is -2.29. The van der Waals surface area contributed by atoms with Crippen LogP contribution in [-0.2, 0) is 9.53 Å². The number of ether oxygens (including phenoxy) is 1. The van der Waals surface area contributed by atoms with Crippen LogP contribution in [0.5, 0.6) is 0 Å². The fraction of sp³-hybridized carbons (Fsp3) is 0.909. The van der Waals surface area contributed by atoms with Gasteiger partial charge in [0.15, 0.2) is 0 Å². The number of carbonyl (C=O) groups excluding carboxylic acids is 1. The lowest BCUT2D eigenvalue weighted by Gasteiger charge is -2.28. The molecule has 1 rings (SSSR count). The van der Waals surface area contributed by atoms with E-state index in [-0.39, 0.29) is 18.0 Å². The summed E-state index contributed by atoms with van der Waals surface area (Å²) in [5.74, 6) is 0.518. The number of hydrogen-bond acceptors (Lipinski definition) is 2. The predicted octanol–water partition coefficient (Wildman–Crippen LogP) is 2.76. The molecule has 76 valence electrons. The third-order valence-corrected chi connectivity index (χ3v) is 2.77. The maximum Gasteiger partial charge on any atom is 0.308 e. The van der Waals surface area contributed by atoms with Crippen molar-refractivity contribution in [2.75, 3.05) is 0 Å². The molecule has 2 nitrogen and oxygen atoms in total. The summed E-state index contributed by atoms with van der Waals surface area (Å²) in [7, 11) is 0. The third kappa shape index (κ3) is 3.02. The van der Waals surface area contributed by atoms with Crippen molar-refractivity contribution in [2.45, 2.75) is 52.6 Å². The van der Waals surface area contributed by atoms with E-state index in [0.29, 0.717) is 5.92 Å². The zero-order chi connectivity index (χ0) is 9.84. The van der Waals surface area contributed by atoms with Crippen LogP contribution in [0.4, 0.5) is 0 Å². The maximum atomic E-state index is 11.3. The number of hydrogen-bond donors (Lipinski definition) is 0. The van der Waals surface area contributed by atoms with Crippen molar-refractivity contribution >= 4 is 5.97 Å². The summed E-state index contributed by atoms with van der Waals surface area (Å²) < 4.78 is 5.43. The molecule has 1 aliphatic rings. The first-order chi connectivity index (χ1) is 6.11. The molecule has 0 aromatic heterocycles. The second-order valence-electron chi connectivity index (χ2n) is 4.39. The Morgan fingerprint density at radius 3 is 2.46 bits per heavy atom. The molecule has 0 bridgehead atoms. The Balaban J connectivity index is 2.38. The van der Waals surface area contributed by atoms with E-state index in [1.54, 1.807) is 0 Å². The van der Waals surface area contributed by atoms with Crippen molar-refractivity contribution in [1.82, 2.24) is 0 Å². The lowest BCUT2D eigenvalue weighted by molar-refractivity contribution is -0.157.